The van der Waals surface area contributed by atoms with Crippen molar-refractivity contribution in [3.8, 4) is 0 Å². The number of benzene rings is 3. The van der Waals surface area contributed by atoms with Gasteiger partial charge in [-0.05, 0) is 23.6 Å². The molecule has 162 valence electrons. The smallest absolute Gasteiger partial charge is 0.337 e. The van der Waals surface area contributed by atoms with E-state index in [1.807, 2.05) is 42.5 Å². The Balaban J connectivity index is 1.26. The average Bonchev–Trinajstić information content (AvgIpc) is 3.26. The van der Waals surface area contributed by atoms with Crippen LogP contribution in [0, 0.1) is 0 Å². The SMILES string of the molecule is O=C(CCNc1nnc(CNc2ccccc2C(=O)O)s1)Nc1cccc2ccccc12. The van der Waals surface area contributed by atoms with Crippen LogP contribution >= 0.6 is 11.3 Å². The number of hydrogen-bond donors (Lipinski definition) is 4. The molecule has 0 aliphatic carbocycles. The van der Waals surface area contributed by atoms with Gasteiger partial charge in [-0.1, -0.05) is 59.9 Å². The quantitative estimate of drug-likeness (QED) is 0.300. The summed E-state index contributed by atoms with van der Waals surface area (Å²) in [5.41, 5.74) is 1.52. The molecule has 0 bridgehead atoms. The number of amides is 1. The van der Waals surface area contributed by atoms with Gasteiger partial charge in [0.05, 0.1) is 12.1 Å². The maximum absolute atomic E-state index is 12.4. The molecular formula is C23H21N5O3S. The Hall–Kier alpha value is -3.98. The zero-order chi connectivity index (χ0) is 22.3. The second-order valence-corrected chi connectivity index (χ2v) is 8.02. The Bertz CT molecular complexity index is 1250. The van der Waals surface area contributed by atoms with Gasteiger partial charge in [0.15, 0.2) is 0 Å². The number of aromatic nitrogens is 2. The van der Waals surface area contributed by atoms with Crippen molar-refractivity contribution in [3.05, 3.63) is 77.3 Å². The first-order chi connectivity index (χ1) is 15.6. The van der Waals surface area contributed by atoms with Crippen molar-refractivity contribution in [1.29, 1.82) is 0 Å². The van der Waals surface area contributed by atoms with E-state index in [4.69, 9.17) is 0 Å². The summed E-state index contributed by atoms with van der Waals surface area (Å²) in [6.07, 6.45) is 0.280. The third kappa shape index (κ3) is 5.19. The van der Waals surface area contributed by atoms with Crippen molar-refractivity contribution in [1.82, 2.24) is 10.2 Å². The summed E-state index contributed by atoms with van der Waals surface area (Å²) in [4.78, 5) is 23.6. The number of para-hydroxylation sites is 1. The largest absolute Gasteiger partial charge is 0.478 e. The minimum absolute atomic E-state index is 0.0921. The van der Waals surface area contributed by atoms with Crippen LogP contribution in [0.4, 0.5) is 16.5 Å². The second-order valence-electron chi connectivity index (χ2n) is 6.96. The third-order valence-corrected chi connectivity index (χ3v) is 5.63. The lowest BCUT2D eigenvalue weighted by Gasteiger charge is -2.09. The van der Waals surface area contributed by atoms with Crippen molar-refractivity contribution in [2.75, 3.05) is 22.5 Å². The fraction of sp³-hybridized carbons (Fsp3) is 0.130. The van der Waals surface area contributed by atoms with Crippen molar-refractivity contribution < 1.29 is 14.7 Å². The molecular weight excluding hydrogens is 426 g/mol. The molecule has 3 aromatic carbocycles. The van der Waals surface area contributed by atoms with Crippen molar-refractivity contribution >= 4 is 50.5 Å². The van der Waals surface area contributed by atoms with E-state index in [0.717, 1.165) is 16.5 Å². The van der Waals surface area contributed by atoms with Crippen LogP contribution in [0.2, 0.25) is 0 Å². The van der Waals surface area contributed by atoms with Gasteiger partial charge in [0.25, 0.3) is 0 Å². The number of nitrogens with zero attached hydrogens (tertiary/aromatic N) is 2. The summed E-state index contributed by atoms with van der Waals surface area (Å²) in [6, 6.07) is 20.4. The molecule has 32 heavy (non-hydrogen) atoms. The lowest BCUT2D eigenvalue weighted by molar-refractivity contribution is -0.115. The van der Waals surface area contributed by atoms with E-state index in [1.54, 1.807) is 24.3 Å². The van der Waals surface area contributed by atoms with E-state index >= 15 is 0 Å². The van der Waals surface area contributed by atoms with Gasteiger partial charge < -0.3 is 21.1 Å². The molecule has 0 fully saturated rings. The van der Waals surface area contributed by atoms with Crippen molar-refractivity contribution in [2.45, 2.75) is 13.0 Å². The van der Waals surface area contributed by atoms with E-state index in [9.17, 15) is 14.7 Å². The molecule has 4 rings (SSSR count). The number of nitrogens with one attached hydrogen (secondary N) is 3. The predicted octanol–water partition coefficient (Wildman–Crippen LogP) is 4.44. The van der Waals surface area contributed by atoms with Gasteiger partial charge in [0.2, 0.25) is 11.0 Å². The van der Waals surface area contributed by atoms with Gasteiger partial charge in [-0.25, -0.2) is 4.79 Å². The molecule has 0 unspecified atom stereocenters. The minimum atomic E-state index is -0.991. The number of aromatic carboxylic acids is 1. The van der Waals surface area contributed by atoms with Gasteiger partial charge in [-0.3, -0.25) is 4.79 Å². The zero-order valence-corrected chi connectivity index (χ0v) is 17.9. The highest BCUT2D eigenvalue weighted by Crippen LogP contribution is 2.23. The Labute approximate surface area is 188 Å². The molecule has 0 spiro atoms. The Morgan fingerprint density at radius 3 is 2.50 bits per heavy atom. The van der Waals surface area contributed by atoms with Crippen LogP contribution < -0.4 is 16.0 Å². The van der Waals surface area contributed by atoms with Gasteiger partial charge in [0.1, 0.15) is 5.01 Å². The van der Waals surface area contributed by atoms with Gasteiger partial charge in [0, 0.05) is 29.7 Å². The van der Waals surface area contributed by atoms with Gasteiger partial charge in [-0.15, -0.1) is 10.2 Å². The molecule has 0 radical (unpaired) electrons. The number of fused-ring (bicyclic) bond motifs is 1. The first-order valence-electron chi connectivity index (χ1n) is 10.0. The molecule has 4 N–H and O–H groups in total. The summed E-state index contributed by atoms with van der Waals surface area (Å²) < 4.78 is 0. The van der Waals surface area contributed by atoms with Crippen LogP contribution in [-0.4, -0.2) is 33.7 Å². The monoisotopic (exact) mass is 447 g/mol. The number of anilines is 3. The van der Waals surface area contributed by atoms with Crippen LogP contribution in [0.5, 0.6) is 0 Å². The highest BCUT2D eigenvalue weighted by Gasteiger charge is 2.11. The van der Waals surface area contributed by atoms with E-state index in [0.29, 0.717) is 28.9 Å². The molecule has 1 amide bonds. The van der Waals surface area contributed by atoms with E-state index < -0.39 is 5.97 Å². The topological polar surface area (TPSA) is 116 Å². The summed E-state index contributed by atoms with van der Waals surface area (Å²) in [5.74, 6) is -1.08. The fourth-order valence-corrected chi connectivity index (χ4v) is 3.93. The van der Waals surface area contributed by atoms with Crippen molar-refractivity contribution in [2.24, 2.45) is 0 Å². The highest BCUT2D eigenvalue weighted by atomic mass is 32.1. The molecule has 0 saturated heterocycles. The van der Waals surface area contributed by atoms with E-state index in [2.05, 4.69) is 26.1 Å². The first-order valence-corrected chi connectivity index (χ1v) is 10.8. The summed E-state index contributed by atoms with van der Waals surface area (Å²) in [6.45, 7) is 0.770. The molecule has 0 atom stereocenters. The van der Waals surface area contributed by atoms with Crippen LogP contribution in [0.1, 0.15) is 21.8 Å². The summed E-state index contributed by atoms with van der Waals surface area (Å²) in [5, 5.41) is 29.9. The maximum atomic E-state index is 12.4. The first kappa shape index (κ1) is 21.3. The van der Waals surface area contributed by atoms with Crippen molar-refractivity contribution in [3.63, 3.8) is 0 Å². The second kappa shape index (κ2) is 9.88. The van der Waals surface area contributed by atoms with E-state index in [-0.39, 0.29) is 17.9 Å². The van der Waals surface area contributed by atoms with Crippen LogP contribution in [0.15, 0.2) is 66.7 Å². The number of carboxylic acids is 1. The molecule has 0 saturated carbocycles. The number of carbonyl (C=O) groups is 2. The maximum Gasteiger partial charge on any atom is 0.337 e. The van der Waals surface area contributed by atoms with Crippen LogP contribution in [0.25, 0.3) is 10.8 Å². The minimum Gasteiger partial charge on any atom is -0.478 e. The van der Waals surface area contributed by atoms with Gasteiger partial charge in [-0.2, -0.15) is 0 Å². The van der Waals surface area contributed by atoms with Crippen LogP contribution in [-0.2, 0) is 11.3 Å². The fourth-order valence-electron chi connectivity index (χ4n) is 3.22. The highest BCUT2D eigenvalue weighted by molar-refractivity contribution is 7.15. The molecule has 0 aliphatic rings. The number of hydrogen-bond acceptors (Lipinski definition) is 7. The standard InChI is InChI=1S/C23H21N5O3S/c29-20(26-19-11-5-7-15-6-1-2-8-16(15)19)12-13-24-23-28-27-21(32-23)14-25-18-10-4-3-9-17(18)22(30)31/h1-11,25H,12-14H2,(H,24,28)(H,26,29)(H,30,31). The molecule has 1 heterocycles. The normalized spacial score (nSPS) is 10.6. The molecule has 4 aromatic rings. The number of carboxylic acid groups (broad SMARTS) is 1. The molecule has 1 aromatic heterocycles. The lowest BCUT2D eigenvalue weighted by atomic mass is 10.1. The summed E-state index contributed by atoms with van der Waals surface area (Å²) >= 11 is 1.35. The van der Waals surface area contributed by atoms with E-state index in [1.165, 1.54) is 11.3 Å². The third-order valence-electron chi connectivity index (χ3n) is 4.75. The lowest BCUT2D eigenvalue weighted by Crippen LogP contribution is -2.16. The molecule has 8 nitrogen and oxygen atoms in total. The Kier molecular flexibility index (Phi) is 6.57. The molecule has 9 heteroatoms. The number of carbonyl (C=O) groups excluding carboxylic acids is 1. The Morgan fingerprint density at radius 1 is 0.875 bits per heavy atom. The van der Waals surface area contributed by atoms with Crippen LogP contribution in [0.3, 0.4) is 0 Å². The van der Waals surface area contributed by atoms with Gasteiger partial charge >= 0.3 is 5.97 Å². The number of rotatable bonds is 9. The molecule has 0 aliphatic heterocycles. The summed E-state index contributed by atoms with van der Waals surface area (Å²) in [7, 11) is 0. The Morgan fingerprint density at radius 2 is 1.62 bits per heavy atom. The predicted molar refractivity (Wildman–Crippen MR) is 126 cm³/mol. The average molecular weight is 448 g/mol. The zero-order valence-electron chi connectivity index (χ0n) is 17.0.